The maximum Gasteiger partial charge on any atom is 0.274 e. The van der Waals surface area contributed by atoms with Crippen molar-refractivity contribution in [1.29, 1.82) is 0 Å². The highest BCUT2D eigenvalue weighted by Gasteiger charge is 2.16. The summed E-state index contributed by atoms with van der Waals surface area (Å²) in [5.41, 5.74) is 2.03. The molecule has 2 N–H and O–H groups in total. The van der Waals surface area contributed by atoms with Crippen molar-refractivity contribution in [3.8, 4) is 5.75 Å². The summed E-state index contributed by atoms with van der Waals surface area (Å²) in [5.74, 6) is 1.65. The van der Waals surface area contributed by atoms with Crippen molar-refractivity contribution in [2.24, 2.45) is 0 Å². The molecule has 0 atom stereocenters. The highest BCUT2D eigenvalue weighted by Crippen LogP contribution is 2.26. The molecular weight excluding hydrogens is 340 g/mol. The molecule has 1 aromatic carbocycles. The minimum absolute atomic E-state index is 0.270. The molecule has 144 valence electrons. The van der Waals surface area contributed by atoms with Crippen LogP contribution in [0.4, 0.5) is 11.5 Å². The van der Waals surface area contributed by atoms with Gasteiger partial charge in [0.25, 0.3) is 5.91 Å². The normalized spacial score (nSPS) is 15.1. The molecular formula is C21H28N4O2. The van der Waals surface area contributed by atoms with Gasteiger partial charge in [0, 0.05) is 12.1 Å². The number of methoxy groups -OCH3 is 1. The zero-order chi connectivity index (χ0) is 19.2. The van der Waals surface area contributed by atoms with Crippen molar-refractivity contribution in [1.82, 2.24) is 9.97 Å². The molecule has 6 nitrogen and oxygen atoms in total. The quantitative estimate of drug-likeness (QED) is 0.761. The van der Waals surface area contributed by atoms with Crippen molar-refractivity contribution >= 4 is 17.4 Å². The number of aromatic nitrogens is 2. The van der Waals surface area contributed by atoms with E-state index in [2.05, 4.69) is 20.6 Å². The Morgan fingerprint density at radius 3 is 2.52 bits per heavy atom. The molecule has 3 rings (SSSR count). The Balaban J connectivity index is 1.77. The molecule has 1 aliphatic rings. The van der Waals surface area contributed by atoms with Gasteiger partial charge in [-0.3, -0.25) is 4.79 Å². The van der Waals surface area contributed by atoms with Crippen LogP contribution in [0, 0.1) is 13.8 Å². The number of anilines is 2. The molecule has 0 unspecified atom stereocenters. The third-order valence-electron chi connectivity index (χ3n) is 4.88. The smallest absolute Gasteiger partial charge is 0.274 e. The van der Waals surface area contributed by atoms with Gasteiger partial charge in [0.05, 0.1) is 12.8 Å². The molecule has 1 aliphatic carbocycles. The molecule has 0 saturated heterocycles. The SMILES string of the molecule is COc1ccc(C)cc1NC(=O)c1cc(NC2CCCCCC2)nc(C)n1. The number of hydrogen-bond acceptors (Lipinski definition) is 5. The number of aryl methyl sites for hydroxylation is 2. The van der Waals surface area contributed by atoms with E-state index in [1.807, 2.05) is 32.0 Å². The van der Waals surface area contributed by atoms with Gasteiger partial charge in [-0.25, -0.2) is 9.97 Å². The molecule has 1 aromatic heterocycles. The summed E-state index contributed by atoms with van der Waals surface area (Å²) in [6.45, 7) is 3.78. The van der Waals surface area contributed by atoms with E-state index in [4.69, 9.17) is 4.74 Å². The number of ether oxygens (including phenoxy) is 1. The van der Waals surface area contributed by atoms with E-state index in [-0.39, 0.29) is 5.91 Å². The minimum Gasteiger partial charge on any atom is -0.495 e. The number of hydrogen-bond donors (Lipinski definition) is 2. The zero-order valence-corrected chi connectivity index (χ0v) is 16.3. The lowest BCUT2D eigenvalue weighted by atomic mass is 10.1. The Hall–Kier alpha value is -2.63. The molecule has 0 spiro atoms. The number of carbonyl (C=O) groups is 1. The summed E-state index contributed by atoms with van der Waals surface area (Å²) >= 11 is 0. The highest BCUT2D eigenvalue weighted by atomic mass is 16.5. The van der Waals surface area contributed by atoms with Crippen LogP contribution >= 0.6 is 0 Å². The number of nitrogens with zero attached hydrogens (tertiary/aromatic N) is 2. The number of nitrogens with one attached hydrogen (secondary N) is 2. The first kappa shape index (κ1) is 19.1. The third-order valence-corrected chi connectivity index (χ3v) is 4.88. The first-order chi connectivity index (χ1) is 13.0. The van der Waals surface area contributed by atoms with Crippen LogP contribution in [0.2, 0.25) is 0 Å². The summed E-state index contributed by atoms with van der Waals surface area (Å²) in [6.07, 6.45) is 7.36. The van der Waals surface area contributed by atoms with E-state index in [1.54, 1.807) is 13.2 Å². The standard InChI is InChI=1S/C21H28N4O2/c1-14-10-11-19(27-3)17(12-14)25-21(26)18-13-20(23-15(2)22-18)24-16-8-6-4-5-7-9-16/h10-13,16H,4-9H2,1-3H3,(H,25,26)(H,22,23,24). The van der Waals surface area contributed by atoms with Gasteiger partial charge in [-0.1, -0.05) is 31.7 Å². The predicted molar refractivity (Wildman–Crippen MR) is 108 cm³/mol. The monoisotopic (exact) mass is 368 g/mol. The number of carbonyl (C=O) groups excluding carboxylic acids is 1. The van der Waals surface area contributed by atoms with Crippen molar-refractivity contribution in [3.05, 3.63) is 41.3 Å². The molecule has 0 radical (unpaired) electrons. The third kappa shape index (κ3) is 5.18. The number of amides is 1. The molecule has 1 amide bonds. The second-order valence-corrected chi connectivity index (χ2v) is 7.18. The molecule has 27 heavy (non-hydrogen) atoms. The Kier molecular flexibility index (Phi) is 6.27. The van der Waals surface area contributed by atoms with E-state index in [9.17, 15) is 4.79 Å². The number of benzene rings is 1. The molecule has 1 heterocycles. The van der Waals surface area contributed by atoms with Gasteiger partial charge in [0.2, 0.25) is 0 Å². The second kappa shape index (κ2) is 8.84. The maximum absolute atomic E-state index is 12.8. The summed E-state index contributed by atoms with van der Waals surface area (Å²) in [7, 11) is 1.59. The van der Waals surface area contributed by atoms with Crippen LogP contribution in [-0.4, -0.2) is 29.0 Å². The summed E-state index contributed by atoms with van der Waals surface area (Å²) in [6, 6.07) is 7.81. The zero-order valence-electron chi connectivity index (χ0n) is 16.3. The van der Waals surface area contributed by atoms with Crippen LogP contribution in [0.5, 0.6) is 5.75 Å². The maximum atomic E-state index is 12.8. The summed E-state index contributed by atoms with van der Waals surface area (Å²) in [4.78, 5) is 21.5. The lowest BCUT2D eigenvalue weighted by Crippen LogP contribution is -2.21. The Morgan fingerprint density at radius 1 is 1.07 bits per heavy atom. The molecule has 6 heteroatoms. The Morgan fingerprint density at radius 2 is 1.81 bits per heavy atom. The van der Waals surface area contributed by atoms with E-state index in [0.29, 0.717) is 29.0 Å². The van der Waals surface area contributed by atoms with Crippen molar-refractivity contribution in [2.75, 3.05) is 17.7 Å². The first-order valence-corrected chi connectivity index (χ1v) is 9.63. The van der Waals surface area contributed by atoms with E-state index >= 15 is 0 Å². The predicted octanol–water partition coefficient (Wildman–Crippen LogP) is 4.49. The van der Waals surface area contributed by atoms with Gasteiger partial charge in [0.1, 0.15) is 23.1 Å². The van der Waals surface area contributed by atoms with E-state index < -0.39 is 0 Å². The van der Waals surface area contributed by atoms with Gasteiger partial charge in [0.15, 0.2) is 0 Å². The molecule has 0 bridgehead atoms. The number of rotatable bonds is 5. The molecule has 1 saturated carbocycles. The van der Waals surface area contributed by atoms with Crippen LogP contribution in [0.25, 0.3) is 0 Å². The van der Waals surface area contributed by atoms with Gasteiger partial charge in [-0.15, -0.1) is 0 Å². The lowest BCUT2D eigenvalue weighted by Gasteiger charge is -2.17. The second-order valence-electron chi connectivity index (χ2n) is 7.18. The van der Waals surface area contributed by atoms with Crippen LogP contribution in [0.15, 0.2) is 24.3 Å². The van der Waals surface area contributed by atoms with Crippen LogP contribution in [-0.2, 0) is 0 Å². The fourth-order valence-electron chi connectivity index (χ4n) is 3.50. The van der Waals surface area contributed by atoms with E-state index in [0.717, 1.165) is 24.2 Å². The van der Waals surface area contributed by atoms with E-state index in [1.165, 1.54) is 25.7 Å². The topological polar surface area (TPSA) is 76.1 Å². The average molecular weight is 368 g/mol. The lowest BCUT2D eigenvalue weighted by molar-refractivity contribution is 0.102. The van der Waals surface area contributed by atoms with Gasteiger partial charge in [-0.05, 0) is 44.4 Å². The average Bonchev–Trinajstić information content (AvgIpc) is 2.90. The van der Waals surface area contributed by atoms with Gasteiger partial charge >= 0.3 is 0 Å². The van der Waals surface area contributed by atoms with Gasteiger partial charge in [-0.2, -0.15) is 0 Å². The van der Waals surface area contributed by atoms with Crippen molar-refractivity contribution < 1.29 is 9.53 Å². The van der Waals surface area contributed by atoms with Gasteiger partial charge < -0.3 is 15.4 Å². The van der Waals surface area contributed by atoms with Crippen LogP contribution in [0.3, 0.4) is 0 Å². The van der Waals surface area contributed by atoms with Crippen LogP contribution < -0.4 is 15.4 Å². The summed E-state index contributed by atoms with van der Waals surface area (Å²) < 4.78 is 5.34. The summed E-state index contributed by atoms with van der Waals surface area (Å²) in [5, 5.41) is 6.40. The molecule has 1 fully saturated rings. The molecule has 0 aliphatic heterocycles. The largest absolute Gasteiger partial charge is 0.495 e. The fraction of sp³-hybridized carbons (Fsp3) is 0.476. The fourth-order valence-corrected chi connectivity index (χ4v) is 3.50. The molecule has 2 aromatic rings. The van der Waals surface area contributed by atoms with Crippen molar-refractivity contribution in [3.63, 3.8) is 0 Å². The minimum atomic E-state index is -0.270. The first-order valence-electron chi connectivity index (χ1n) is 9.63. The highest BCUT2D eigenvalue weighted by molar-refractivity contribution is 6.04. The Labute approximate surface area is 160 Å². The Bertz CT molecular complexity index is 799. The van der Waals surface area contributed by atoms with Crippen molar-refractivity contribution in [2.45, 2.75) is 58.4 Å². The van der Waals surface area contributed by atoms with Crippen LogP contribution in [0.1, 0.15) is 60.4 Å².